The Hall–Kier alpha value is -1.11. The van der Waals surface area contributed by atoms with Crippen LogP contribution >= 0.6 is 47.8 Å². The van der Waals surface area contributed by atoms with Crippen LogP contribution in [0.3, 0.4) is 0 Å². The van der Waals surface area contributed by atoms with Gasteiger partial charge in [-0.05, 0) is 69.1 Å². The molecule has 22 heavy (non-hydrogen) atoms. The van der Waals surface area contributed by atoms with E-state index in [1.165, 1.54) is 0 Å². The molecule has 0 aliphatic carbocycles. The number of aryl methyl sites for hydroxylation is 1. The fourth-order valence-electron chi connectivity index (χ4n) is 2.32. The Bertz CT molecular complexity index is 889. The van der Waals surface area contributed by atoms with E-state index in [1.807, 2.05) is 18.2 Å². The van der Waals surface area contributed by atoms with E-state index in [0.717, 1.165) is 9.86 Å². The molecule has 3 nitrogen and oxygen atoms in total. The normalized spacial score (nSPS) is 11.1. The van der Waals surface area contributed by atoms with Crippen molar-refractivity contribution in [3.63, 3.8) is 0 Å². The molecule has 0 saturated carbocycles. The lowest BCUT2D eigenvalue weighted by molar-refractivity contribution is 0.103. The number of carbonyl (C=O) groups excluding carboxylic acids is 1. The van der Waals surface area contributed by atoms with Gasteiger partial charge in [0.25, 0.3) is 0 Å². The van der Waals surface area contributed by atoms with Crippen molar-refractivity contribution in [2.75, 3.05) is 0 Å². The summed E-state index contributed by atoms with van der Waals surface area (Å²) in [6, 6.07) is 8.76. The van der Waals surface area contributed by atoms with Crippen molar-refractivity contribution in [1.82, 2.24) is 0 Å². The van der Waals surface area contributed by atoms with Gasteiger partial charge in [-0.15, -0.1) is 0 Å². The smallest absolute Gasteiger partial charge is 0.197 e. The van der Waals surface area contributed by atoms with Crippen molar-refractivity contribution in [3.05, 3.63) is 60.6 Å². The predicted molar refractivity (Wildman–Crippen MR) is 95.6 cm³/mol. The molecule has 0 spiro atoms. The molecule has 3 aromatic rings. The van der Waals surface area contributed by atoms with E-state index >= 15 is 0 Å². The van der Waals surface area contributed by atoms with Crippen molar-refractivity contribution >= 4 is 64.5 Å². The van der Waals surface area contributed by atoms with Gasteiger partial charge in [-0.2, -0.15) is 0 Å². The lowest BCUT2D eigenvalue weighted by atomic mass is 10.0. The van der Waals surface area contributed by atoms with Gasteiger partial charge >= 0.3 is 0 Å². The minimum Gasteiger partial charge on any atom is -0.506 e. The van der Waals surface area contributed by atoms with Crippen molar-refractivity contribution in [2.24, 2.45) is 0 Å². The Labute approximate surface area is 151 Å². The molecule has 0 saturated heterocycles. The number of phenolic OH excluding ortho intramolecular Hbond substituents is 1. The lowest BCUT2D eigenvalue weighted by Crippen LogP contribution is -2.02. The Morgan fingerprint density at radius 3 is 2.36 bits per heavy atom. The highest BCUT2D eigenvalue weighted by Gasteiger charge is 2.21. The van der Waals surface area contributed by atoms with Gasteiger partial charge in [-0.25, -0.2) is 0 Å². The molecule has 0 radical (unpaired) electrons. The fourth-order valence-corrected chi connectivity index (χ4v) is 3.84. The monoisotopic (exact) mass is 486 g/mol. The van der Waals surface area contributed by atoms with E-state index in [0.29, 0.717) is 31.4 Å². The molecule has 1 N–H and O–H groups in total. The Morgan fingerprint density at radius 2 is 1.73 bits per heavy atom. The van der Waals surface area contributed by atoms with Crippen molar-refractivity contribution in [1.29, 1.82) is 0 Å². The second-order valence-corrected chi connectivity index (χ2v) is 7.42. The third kappa shape index (κ3) is 2.64. The zero-order valence-electron chi connectivity index (χ0n) is 11.3. The van der Waals surface area contributed by atoms with Crippen LogP contribution in [-0.2, 0) is 0 Å². The summed E-state index contributed by atoms with van der Waals surface area (Å²) in [5.74, 6) is 0.479. The molecule has 0 aliphatic heterocycles. The number of fused-ring (bicyclic) bond motifs is 1. The fraction of sp³-hybridized carbons (Fsp3) is 0.0625. The number of hydrogen-bond acceptors (Lipinski definition) is 3. The van der Waals surface area contributed by atoms with Gasteiger partial charge in [0.05, 0.1) is 14.5 Å². The van der Waals surface area contributed by atoms with Crippen LogP contribution in [0.4, 0.5) is 0 Å². The first kappa shape index (κ1) is 15.8. The van der Waals surface area contributed by atoms with Crippen LogP contribution in [0.15, 0.2) is 48.2 Å². The van der Waals surface area contributed by atoms with Crippen LogP contribution in [0.2, 0.25) is 0 Å². The van der Waals surface area contributed by atoms with E-state index in [4.69, 9.17) is 4.42 Å². The molecule has 0 unspecified atom stereocenters. The third-order valence-corrected chi connectivity index (χ3v) is 5.04. The maximum Gasteiger partial charge on any atom is 0.197 e. The molecule has 1 aromatic heterocycles. The van der Waals surface area contributed by atoms with Crippen LogP contribution in [0, 0.1) is 6.92 Å². The van der Waals surface area contributed by atoms with Gasteiger partial charge in [0.15, 0.2) is 5.78 Å². The molecule has 6 heteroatoms. The molecule has 1 heterocycles. The van der Waals surface area contributed by atoms with Crippen molar-refractivity contribution < 1.29 is 14.3 Å². The number of benzene rings is 2. The van der Waals surface area contributed by atoms with Crippen molar-refractivity contribution in [3.8, 4) is 5.75 Å². The standard InChI is InChI=1S/C16H9Br3O3/c1-7-14(10-3-2-9(17)6-13(10)22-7)15(20)8-4-11(18)16(21)12(19)5-8/h2-6,21H,1H3. The van der Waals surface area contributed by atoms with Crippen molar-refractivity contribution in [2.45, 2.75) is 6.92 Å². The lowest BCUT2D eigenvalue weighted by Gasteiger charge is -2.05. The molecule has 0 bridgehead atoms. The van der Waals surface area contributed by atoms with Gasteiger partial charge in [-0.3, -0.25) is 4.79 Å². The predicted octanol–water partition coefficient (Wildman–Crippen LogP) is 5.97. The van der Waals surface area contributed by atoms with Gasteiger partial charge in [-0.1, -0.05) is 15.9 Å². The molecule has 0 atom stereocenters. The first-order valence-corrected chi connectivity index (χ1v) is 8.67. The Balaban J connectivity index is 2.19. The molecule has 0 amide bonds. The zero-order valence-corrected chi connectivity index (χ0v) is 16.0. The second-order valence-electron chi connectivity index (χ2n) is 4.79. The summed E-state index contributed by atoms with van der Waals surface area (Å²) in [6.07, 6.45) is 0. The van der Waals surface area contributed by atoms with E-state index in [2.05, 4.69) is 47.8 Å². The van der Waals surface area contributed by atoms with E-state index < -0.39 is 0 Å². The first-order valence-electron chi connectivity index (χ1n) is 6.30. The van der Waals surface area contributed by atoms with Gasteiger partial charge in [0.1, 0.15) is 17.1 Å². The number of carbonyl (C=O) groups is 1. The summed E-state index contributed by atoms with van der Waals surface area (Å²) in [5.41, 5.74) is 1.66. The summed E-state index contributed by atoms with van der Waals surface area (Å²) in [6.45, 7) is 1.77. The number of halogens is 3. The maximum absolute atomic E-state index is 12.8. The highest BCUT2D eigenvalue weighted by atomic mass is 79.9. The molecule has 0 fully saturated rings. The molecule has 3 rings (SSSR count). The second kappa shape index (κ2) is 5.83. The van der Waals surface area contributed by atoms with Crippen LogP contribution in [-0.4, -0.2) is 10.9 Å². The van der Waals surface area contributed by atoms with Gasteiger partial charge < -0.3 is 9.52 Å². The Morgan fingerprint density at radius 1 is 1.09 bits per heavy atom. The number of hydrogen-bond donors (Lipinski definition) is 1. The Kier molecular flexibility index (Phi) is 4.18. The maximum atomic E-state index is 12.8. The third-order valence-electron chi connectivity index (χ3n) is 3.33. The average Bonchev–Trinajstić information content (AvgIpc) is 2.78. The molecular formula is C16H9Br3O3. The first-order chi connectivity index (χ1) is 10.4. The average molecular weight is 489 g/mol. The number of phenols is 1. The van der Waals surface area contributed by atoms with E-state index in [1.54, 1.807) is 19.1 Å². The highest BCUT2D eigenvalue weighted by molar-refractivity contribution is 9.11. The topological polar surface area (TPSA) is 50.4 Å². The summed E-state index contributed by atoms with van der Waals surface area (Å²) in [7, 11) is 0. The van der Waals surface area contributed by atoms with Crippen LogP contribution < -0.4 is 0 Å². The molecule has 112 valence electrons. The van der Waals surface area contributed by atoms with Crippen LogP contribution in [0.25, 0.3) is 11.0 Å². The van der Waals surface area contributed by atoms with Gasteiger partial charge in [0.2, 0.25) is 0 Å². The van der Waals surface area contributed by atoms with E-state index in [-0.39, 0.29) is 11.5 Å². The molecular weight excluding hydrogens is 480 g/mol. The summed E-state index contributed by atoms with van der Waals surface area (Å²) in [5, 5.41) is 10.5. The van der Waals surface area contributed by atoms with Gasteiger partial charge in [0, 0.05) is 15.4 Å². The van der Waals surface area contributed by atoms with E-state index in [9.17, 15) is 9.90 Å². The molecule has 0 aliphatic rings. The minimum absolute atomic E-state index is 0.0641. The summed E-state index contributed by atoms with van der Waals surface area (Å²) < 4.78 is 7.49. The molecule has 2 aromatic carbocycles. The number of furan rings is 1. The number of ketones is 1. The zero-order chi connectivity index (χ0) is 16.0. The summed E-state index contributed by atoms with van der Waals surface area (Å²) in [4.78, 5) is 12.8. The number of aromatic hydroxyl groups is 1. The summed E-state index contributed by atoms with van der Waals surface area (Å²) >= 11 is 9.88. The highest BCUT2D eigenvalue weighted by Crippen LogP contribution is 2.36. The van der Waals surface area contributed by atoms with Crippen LogP contribution in [0.1, 0.15) is 21.7 Å². The number of rotatable bonds is 2. The quantitative estimate of drug-likeness (QED) is 0.452. The largest absolute Gasteiger partial charge is 0.506 e. The van der Waals surface area contributed by atoms with Crippen LogP contribution in [0.5, 0.6) is 5.75 Å². The SMILES string of the molecule is Cc1oc2cc(Br)ccc2c1C(=O)c1cc(Br)c(O)c(Br)c1. The minimum atomic E-state index is -0.153.